The fourth-order valence-electron chi connectivity index (χ4n) is 1.56. The fraction of sp³-hybridized carbons (Fsp3) is 0.727. The second-order valence-corrected chi connectivity index (χ2v) is 3.88. The zero-order valence-corrected chi connectivity index (χ0v) is 11.4. The molecule has 0 spiro atoms. The summed E-state index contributed by atoms with van der Waals surface area (Å²) in [6.07, 6.45) is 0. The first kappa shape index (κ1) is 15.2. The third-order valence-corrected chi connectivity index (χ3v) is 2.47. The van der Waals surface area contributed by atoms with E-state index in [1.807, 2.05) is 6.92 Å². The number of imide groups is 1. The summed E-state index contributed by atoms with van der Waals surface area (Å²) in [6, 6.07) is -0.340. The van der Waals surface area contributed by atoms with E-state index in [9.17, 15) is 9.59 Å². The first-order valence-corrected chi connectivity index (χ1v) is 6.28. The fourth-order valence-corrected chi connectivity index (χ4v) is 1.56. The molecule has 0 atom stereocenters. The van der Waals surface area contributed by atoms with Crippen molar-refractivity contribution in [2.75, 3.05) is 46.4 Å². The van der Waals surface area contributed by atoms with Crippen molar-refractivity contribution in [2.24, 2.45) is 4.99 Å². The van der Waals surface area contributed by atoms with Crippen molar-refractivity contribution in [3.05, 3.63) is 0 Å². The van der Waals surface area contributed by atoms with Crippen molar-refractivity contribution in [2.45, 2.75) is 6.92 Å². The Kier molecular flexibility index (Phi) is 6.65. The average molecular weight is 271 g/mol. The van der Waals surface area contributed by atoms with Crippen LogP contribution in [0.2, 0.25) is 0 Å². The molecule has 1 aliphatic heterocycles. The maximum atomic E-state index is 11.3. The Labute approximate surface area is 112 Å². The molecule has 1 saturated heterocycles. The van der Waals surface area contributed by atoms with E-state index in [4.69, 9.17) is 4.74 Å². The third-order valence-electron chi connectivity index (χ3n) is 2.47. The lowest BCUT2D eigenvalue weighted by molar-refractivity contribution is -0.124. The van der Waals surface area contributed by atoms with Crippen molar-refractivity contribution in [3.8, 4) is 0 Å². The van der Waals surface area contributed by atoms with E-state index < -0.39 is 0 Å². The molecule has 1 aliphatic rings. The summed E-state index contributed by atoms with van der Waals surface area (Å²) in [7, 11) is 1.62. The van der Waals surface area contributed by atoms with Gasteiger partial charge in [-0.3, -0.25) is 14.7 Å². The quantitative estimate of drug-likeness (QED) is 0.232. The molecule has 3 amide bonds. The van der Waals surface area contributed by atoms with Gasteiger partial charge in [-0.05, 0) is 6.92 Å². The topological polar surface area (TPSA) is 95.1 Å². The van der Waals surface area contributed by atoms with E-state index in [0.29, 0.717) is 32.2 Å². The van der Waals surface area contributed by atoms with E-state index in [0.717, 1.165) is 6.54 Å². The number of amides is 3. The lowest BCUT2D eigenvalue weighted by Gasteiger charge is -2.15. The molecule has 1 fully saturated rings. The minimum Gasteiger partial charge on any atom is -0.383 e. The van der Waals surface area contributed by atoms with Crippen LogP contribution < -0.4 is 16.0 Å². The lowest BCUT2D eigenvalue weighted by atomic mass is 10.5. The number of nitrogens with one attached hydrogen (secondary N) is 3. The van der Waals surface area contributed by atoms with E-state index >= 15 is 0 Å². The van der Waals surface area contributed by atoms with Gasteiger partial charge in [0, 0.05) is 26.7 Å². The minimum absolute atomic E-state index is 0.0842. The first-order valence-electron chi connectivity index (χ1n) is 6.28. The van der Waals surface area contributed by atoms with Gasteiger partial charge in [-0.2, -0.15) is 0 Å². The molecule has 0 aromatic heterocycles. The number of aliphatic imine (C=N–C) groups is 1. The number of ether oxygens (including phenoxy) is 1. The zero-order valence-electron chi connectivity index (χ0n) is 11.4. The predicted molar refractivity (Wildman–Crippen MR) is 71.0 cm³/mol. The number of guanidine groups is 1. The van der Waals surface area contributed by atoms with Gasteiger partial charge in [0.1, 0.15) is 0 Å². The van der Waals surface area contributed by atoms with Crippen LogP contribution in [0.5, 0.6) is 0 Å². The summed E-state index contributed by atoms with van der Waals surface area (Å²) >= 11 is 0. The van der Waals surface area contributed by atoms with Gasteiger partial charge in [0.25, 0.3) is 0 Å². The lowest BCUT2D eigenvalue weighted by Crippen LogP contribution is -2.43. The first-order chi connectivity index (χ1) is 9.19. The highest BCUT2D eigenvalue weighted by molar-refractivity contribution is 6.01. The summed E-state index contributed by atoms with van der Waals surface area (Å²) in [5, 5.41) is 8.60. The molecule has 1 rings (SSSR count). The van der Waals surface area contributed by atoms with Crippen LogP contribution in [0.1, 0.15) is 6.92 Å². The van der Waals surface area contributed by atoms with Crippen LogP contribution in [0.4, 0.5) is 4.79 Å². The Morgan fingerprint density at radius 2 is 2.26 bits per heavy atom. The zero-order chi connectivity index (χ0) is 14.1. The van der Waals surface area contributed by atoms with E-state index in [2.05, 4.69) is 20.9 Å². The van der Waals surface area contributed by atoms with Crippen molar-refractivity contribution < 1.29 is 14.3 Å². The van der Waals surface area contributed by atoms with E-state index in [-0.39, 0.29) is 18.5 Å². The summed E-state index contributed by atoms with van der Waals surface area (Å²) in [4.78, 5) is 28.1. The molecule has 0 radical (unpaired) electrons. The Hall–Kier alpha value is -1.83. The Morgan fingerprint density at radius 1 is 1.47 bits per heavy atom. The number of hydrogen-bond donors (Lipinski definition) is 3. The second-order valence-electron chi connectivity index (χ2n) is 3.88. The smallest absolute Gasteiger partial charge is 0.324 e. The monoisotopic (exact) mass is 271 g/mol. The molecule has 0 aromatic carbocycles. The van der Waals surface area contributed by atoms with Crippen LogP contribution >= 0.6 is 0 Å². The molecule has 8 heteroatoms. The molecule has 19 heavy (non-hydrogen) atoms. The van der Waals surface area contributed by atoms with Crippen molar-refractivity contribution in [3.63, 3.8) is 0 Å². The largest absolute Gasteiger partial charge is 0.383 e. The molecule has 8 nitrogen and oxygen atoms in total. The van der Waals surface area contributed by atoms with E-state index in [1.54, 1.807) is 7.11 Å². The van der Waals surface area contributed by atoms with Gasteiger partial charge in [-0.25, -0.2) is 4.79 Å². The van der Waals surface area contributed by atoms with Crippen LogP contribution in [-0.2, 0) is 9.53 Å². The van der Waals surface area contributed by atoms with Crippen LogP contribution in [0.15, 0.2) is 4.99 Å². The normalized spacial score (nSPS) is 15.7. The van der Waals surface area contributed by atoms with Gasteiger partial charge in [-0.15, -0.1) is 0 Å². The van der Waals surface area contributed by atoms with Gasteiger partial charge in [0.15, 0.2) is 5.96 Å². The standard InChI is InChI=1S/C11H21N5O3/c1-3-12-10(14-5-7-19-2)13-4-6-16-9(17)8-15-11(16)18/h3-8H2,1-2H3,(H,15,18)(H2,12,13,14). The molecular formula is C11H21N5O3. The molecule has 0 saturated carbocycles. The summed E-state index contributed by atoms with van der Waals surface area (Å²) in [5.41, 5.74) is 0. The molecular weight excluding hydrogens is 250 g/mol. The number of nitrogens with zero attached hydrogens (tertiary/aromatic N) is 2. The molecule has 0 aliphatic carbocycles. The highest BCUT2D eigenvalue weighted by atomic mass is 16.5. The molecule has 0 unspecified atom stereocenters. The number of carbonyl (C=O) groups is 2. The molecule has 3 N–H and O–H groups in total. The minimum atomic E-state index is -0.340. The highest BCUT2D eigenvalue weighted by Gasteiger charge is 2.27. The number of methoxy groups -OCH3 is 1. The van der Waals surface area contributed by atoms with Crippen molar-refractivity contribution >= 4 is 17.9 Å². The van der Waals surface area contributed by atoms with Crippen molar-refractivity contribution in [1.82, 2.24) is 20.9 Å². The summed E-state index contributed by atoms with van der Waals surface area (Å²) < 4.78 is 4.92. The molecule has 1 heterocycles. The highest BCUT2D eigenvalue weighted by Crippen LogP contribution is 1.96. The number of urea groups is 1. The number of carbonyl (C=O) groups excluding carboxylic acids is 2. The summed E-state index contributed by atoms with van der Waals surface area (Å²) in [5.74, 6) is 0.444. The Balaban J connectivity index is 2.33. The van der Waals surface area contributed by atoms with Crippen LogP contribution in [0.3, 0.4) is 0 Å². The average Bonchev–Trinajstić information content (AvgIpc) is 2.70. The second kappa shape index (κ2) is 8.30. The van der Waals surface area contributed by atoms with E-state index in [1.165, 1.54) is 4.90 Å². The van der Waals surface area contributed by atoms with Crippen molar-refractivity contribution in [1.29, 1.82) is 0 Å². The third kappa shape index (κ3) is 5.12. The van der Waals surface area contributed by atoms with Gasteiger partial charge >= 0.3 is 6.03 Å². The number of rotatable bonds is 7. The van der Waals surface area contributed by atoms with Crippen LogP contribution in [0.25, 0.3) is 0 Å². The molecule has 108 valence electrons. The SMILES string of the molecule is CCNC(=NCCOC)NCCN1C(=O)CNC1=O. The maximum absolute atomic E-state index is 11.3. The van der Waals surface area contributed by atoms with Gasteiger partial charge in [-0.1, -0.05) is 0 Å². The Morgan fingerprint density at radius 3 is 2.84 bits per heavy atom. The van der Waals surface area contributed by atoms with Gasteiger partial charge in [0.05, 0.1) is 19.7 Å². The van der Waals surface area contributed by atoms with Gasteiger partial charge < -0.3 is 20.7 Å². The maximum Gasteiger partial charge on any atom is 0.324 e. The summed E-state index contributed by atoms with van der Waals surface area (Å²) in [6.45, 7) is 4.66. The Bertz CT molecular complexity index is 329. The number of hydrogen-bond acceptors (Lipinski definition) is 4. The predicted octanol–water partition coefficient (Wildman–Crippen LogP) is -1.26. The van der Waals surface area contributed by atoms with Crippen LogP contribution in [0, 0.1) is 0 Å². The molecule has 0 bridgehead atoms. The van der Waals surface area contributed by atoms with Gasteiger partial charge in [0.2, 0.25) is 5.91 Å². The molecule has 0 aromatic rings. The van der Waals surface area contributed by atoms with Crippen LogP contribution in [-0.4, -0.2) is 69.2 Å².